The van der Waals surface area contributed by atoms with Crippen molar-refractivity contribution in [2.24, 2.45) is 0 Å². The SMILES string of the molecule is C=CCn1c(COc2cccc(C)c2C)nnc1SCc1ccc(C)cc1. The number of aryl methyl sites for hydroxylation is 2. The van der Waals surface area contributed by atoms with Gasteiger partial charge in [0.1, 0.15) is 12.4 Å². The number of allylic oxidation sites excluding steroid dienone is 1. The van der Waals surface area contributed by atoms with E-state index in [-0.39, 0.29) is 0 Å². The predicted molar refractivity (Wildman–Crippen MR) is 111 cm³/mol. The van der Waals surface area contributed by atoms with Crippen LogP contribution in [-0.2, 0) is 18.9 Å². The lowest BCUT2D eigenvalue weighted by molar-refractivity contribution is 0.287. The molecule has 0 aliphatic rings. The minimum absolute atomic E-state index is 0.385. The van der Waals surface area contributed by atoms with Crippen molar-refractivity contribution in [3.05, 3.63) is 83.2 Å². The molecule has 0 saturated carbocycles. The summed E-state index contributed by atoms with van der Waals surface area (Å²) in [6.45, 7) is 11.2. The molecule has 3 rings (SSSR count). The van der Waals surface area contributed by atoms with E-state index in [9.17, 15) is 0 Å². The summed E-state index contributed by atoms with van der Waals surface area (Å²) in [5.74, 6) is 2.55. The van der Waals surface area contributed by atoms with Crippen molar-refractivity contribution in [1.82, 2.24) is 14.8 Å². The molecule has 1 aromatic heterocycles. The topological polar surface area (TPSA) is 39.9 Å². The zero-order valence-corrected chi connectivity index (χ0v) is 16.9. The first-order valence-electron chi connectivity index (χ1n) is 8.99. The van der Waals surface area contributed by atoms with Gasteiger partial charge in [0.2, 0.25) is 0 Å². The lowest BCUT2D eigenvalue weighted by atomic mass is 10.1. The van der Waals surface area contributed by atoms with Gasteiger partial charge in [0.15, 0.2) is 11.0 Å². The molecule has 0 radical (unpaired) electrons. The molecule has 0 fully saturated rings. The lowest BCUT2D eigenvalue weighted by Gasteiger charge is -2.12. The van der Waals surface area contributed by atoms with Crippen molar-refractivity contribution < 1.29 is 4.74 Å². The highest BCUT2D eigenvalue weighted by Crippen LogP contribution is 2.24. The summed E-state index contributed by atoms with van der Waals surface area (Å²) in [5.41, 5.74) is 4.91. The molecule has 0 bridgehead atoms. The number of rotatable bonds is 8. The van der Waals surface area contributed by atoms with E-state index >= 15 is 0 Å². The number of hydrogen-bond acceptors (Lipinski definition) is 4. The molecule has 140 valence electrons. The van der Waals surface area contributed by atoms with Crippen molar-refractivity contribution in [2.75, 3.05) is 0 Å². The standard InChI is InChI=1S/C22H25N3OS/c1-5-13-25-21(14-26-20-8-6-7-17(3)18(20)4)23-24-22(25)27-15-19-11-9-16(2)10-12-19/h5-12H,1,13-15H2,2-4H3. The first-order chi connectivity index (χ1) is 13.1. The van der Waals surface area contributed by atoms with E-state index in [0.29, 0.717) is 13.2 Å². The van der Waals surface area contributed by atoms with Gasteiger partial charge in [0.25, 0.3) is 0 Å². The fraction of sp³-hybridized carbons (Fsp3) is 0.273. The molecule has 4 nitrogen and oxygen atoms in total. The molecule has 0 N–H and O–H groups in total. The molecule has 0 saturated heterocycles. The van der Waals surface area contributed by atoms with Gasteiger partial charge in [0, 0.05) is 12.3 Å². The Labute approximate surface area is 165 Å². The second-order valence-corrected chi connectivity index (χ2v) is 7.50. The van der Waals surface area contributed by atoms with Crippen molar-refractivity contribution in [3.8, 4) is 5.75 Å². The highest BCUT2D eigenvalue weighted by atomic mass is 32.2. The summed E-state index contributed by atoms with van der Waals surface area (Å²) in [6.07, 6.45) is 1.86. The third-order valence-electron chi connectivity index (χ3n) is 4.51. The summed E-state index contributed by atoms with van der Waals surface area (Å²) in [6, 6.07) is 14.7. The Morgan fingerprint density at radius 3 is 2.59 bits per heavy atom. The second-order valence-electron chi connectivity index (χ2n) is 6.56. The Kier molecular flexibility index (Phi) is 6.35. The Morgan fingerprint density at radius 1 is 1.07 bits per heavy atom. The van der Waals surface area contributed by atoms with Gasteiger partial charge in [-0.1, -0.05) is 59.8 Å². The fourth-order valence-corrected chi connectivity index (χ4v) is 3.62. The third-order valence-corrected chi connectivity index (χ3v) is 5.54. The lowest BCUT2D eigenvalue weighted by Crippen LogP contribution is -2.08. The van der Waals surface area contributed by atoms with E-state index in [4.69, 9.17) is 4.74 Å². The van der Waals surface area contributed by atoms with Crippen LogP contribution in [-0.4, -0.2) is 14.8 Å². The van der Waals surface area contributed by atoms with Gasteiger partial charge >= 0.3 is 0 Å². The number of aromatic nitrogens is 3. The second kappa shape index (κ2) is 8.91. The van der Waals surface area contributed by atoms with Gasteiger partial charge in [-0.3, -0.25) is 4.57 Å². The van der Waals surface area contributed by atoms with E-state index in [1.54, 1.807) is 11.8 Å². The monoisotopic (exact) mass is 379 g/mol. The first-order valence-corrected chi connectivity index (χ1v) is 9.97. The van der Waals surface area contributed by atoms with Crippen LogP contribution in [0.1, 0.15) is 28.1 Å². The van der Waals surface area contributed by atoms with Crippen LogP contribution >= 0.6 is 11.8 Å². The van der Waals surface area contributed by atoms with Crippen LogP contribution in [0.2, 0.25) is 0 Å². The number of nitrogens with zero attached hydrogens (tertiary/aromatic N) is 3. The zero-order chi connectivity index (χ0) is 19.2. The van der Waals surface area contributed by atoms with Gasteiger partial charge in [-0.05, 0) is 43.5 Å². The van der Waals surface area contributed by atoms with Crippen LogP contribution in [0.25, 0.3) is 0 Å². The average Bonchev–Trinajstić information content (AvgIpc) is 3.05. The number of hydrogen-bond donors (Lipinski definition) is 0. The quantitative estimate of drug-likeness (QED) is 0.395. The molecule has 0 amide bonds. The highest BCUT2D eigenvalue weighted by molar-refractivity contribution is 7.98. The number of benzene rings is 2. The van der Waals surface area contributed by atoms with E-state index in [0.717, 1.165) is 28.0 Å². The van der Waals surface area contributed by atoms with Gasteiger partial charge in [-0.15, -0.1) is 16.8 Å². The molecule has 27 heavy (non-hydrogen) atoms. The summed E-state index contributed by atoms with van der Waals surface area (Å²) >= 11 is 1.68. The zero-order valence-electron chi connectivity index (χ0n) is 16.1. The highest BCUT2D eigenvalue weighted by Gasteiger charge is 2.13. The van der Waals surface area contributed by atoms with Crippen LogP contribution < -0.4 is 4.74 Å². The summed E-state index contributed by atoms with van der Waals surface area (Å²) < 4.78 is 8.08. The van der Waals surface area contributed by atoms with Gasteiger partial charge in [-0.25, -0.2) is 0 Å². The molecule has 0 spiro atoms. The molecule has 0 unspecified atom stereocenters. The van der Waals surface area contributed by atoms with Crippen molar-refractivity contribution >= 4 is 11.8 Å². The Morgan fingerprint density at radius 2 is 1.85 bits per heavy atom. The van der Waals surface area contributed by atoms with Crippen molar-refractivity contribution in [3.63, 3.8) is 0 Å². The number of thioether (sulfide) groups is 1. The predicted octanol–water partition coefficient (Wildman–Crippen LogP) is 5.26. The van der Waals surface area contributed by atoms with Crippen LogP contribution in [0.3, 0.4) is 0 Å². The van der Waals surface area contributed by atoms with Crippen LogP contribution in [0.15, 0.2) is 60.3 Å². The normalized spacial score (nSPS) is 10.8. The maximum atomic E-state index is 6.01. The van der Waals surface area contributed by atoms with Crippen LogP contribution in [0.5, 0.6) is 5.75 Å². The Hall–Kier alpha value is -2.53. The van der Waals surface area contributed by atoms with Crippen LogP contribution in [0, 0.1) is 20.8 Å². The minimum atomic E-state index is 0.385. The maximum absolute atomic E-state index is 6.01. The summed E-state index contributed by atoms with van der Waals surface area (Å²) in [5, 5.41) is 9.60. The minimum Gasteiger partial charge on any atom is -0.485 e. The maximum Gasteiger partial charge on any atom is 0.191 e. The first kappa shape index (κ1) is 19.2. The molecule has 0 aliphatic carbocycles. The van der Waals surface area contributed by atoms with E-state index < -0.39 is 0 Å². The average molecular weight is 380 g/mol. The number of ether oxygens (including phenoxy) is 1. The van der Waals surface area contributed by atoms with Gasteiger partial charge in [-0.2, -0.15) is 0 Å². The van der Waals surface area contributed by atoms with Crippen LogP contribution in [0.4, 0.5) is 0 Å². The summed E-state index contributed by atoms with van der Waals surface area (Å²) in [7, 11) is 0. The largest absolute Gasteiger partial charge is 0.485 e. The molecular formula is C22H25N3OS. The van der Waals surface area contributed by atoms with Crippen molar-refractivity contribution in [2.45, 2.75) is 44.8 Å². The Balaban J connectivity index is 1.71. The molecule has 0 atom stereocenters. The smallest absolute Gasteiger partial charge is 0.191 e. The summed E-state index contributed by atoms with van der Waals surface area (Å²) in [4.78, 5) is 0. The molecular weight excluding hydrogens is 354 g/mol. The Bertz CT molecular complexity index is 916. The molecule has 5 heteroatoms. The third kappa shape index (κ3) is 4.80. The molecule has 2 aromatic carbocycles. The molecule has 3 aromatic rings. The van der Waals surface area contributed by atoms with E-state index in [2.05, 4.69) is 72.4 Å². The van der Waals surface area contributed by atoms with E-state index in [1.165, 1.54) is 16.7 Å². The molecule has 1 heterocycles. The molecule has 0 aliphatic heterocycles. The van der Waals surface area contributed by atoms with Gasteiger partial charge < -0.3 is 4.74 Å². The van der Waals surface area contributed by atoms with Crippen molar-refractivity contribution in [1.29, 1.82) is 0 Å². The van der Waals surface area contributed by atoms with Gasteiger partial charge in [0.05, 0.1) is 0 Å². The fourth-order valence-electron chi connectivity index (χ4n) is 2.70. The van der Waals surface area contributed by atoms with E-state index in [1.807, 2.05) is 18.2 Å².